The van der Waals surface area contributed by atoms with Crippen molar-refractivity contribution in [3.63, 3.8) is 0 Å². The predicted molar refractivity (Wildman–Crippen MR) is 103 cm³/mol. The lowest BCUT2D eigenvalue weighted by molar-refractivity contribution is 0.0953. The Morgan fingerprint density at radius 2 is 1.96 bits per heavy atom. The maximum atomic E-state index is 12.6. The molecule has 0 aliphatic carbocycles. The van der Waals surface area contributed by atoms with Crippen LogP contribution in [0.3, 0.4) is 0 Å². The van der Waals surface area contributed by atoms with E-state index in [0.717, 1.165) is 28.9 Å². The molecule has 0 atom stereocenters. The van der Waals surface area contributed by atoms with Crippen LogP contribution in [0.1, 0.15) is 52.8 Å². The van der Waals surface area contributed by atoms with E-state index in [0.29, 0.717) is 12.6 Å². The Bertz CT molecular complexity index is 915. The number of aromatic amines is 1. The number of aromatic nitrogens is 2. The fraction of sp³-hybridized carbons (Fsp3) is 0.381. The summed E-state index contributed by atoms with van der Waals surface area (Å²) in [6.07, 6.45) is 2.86. The van der Waals surface area contributed by atoms with E-state index in [1.807, 2.05) is 19.2 Å². The molecule has 2 N–H and O–H groups in total. The second-order valence-corrected chi connectivity index (χ2v) is 7.12. The molecule has 0 unspecified atom stereocenters. The lowest BCUT2D eigenvalue weighted by Gasteiger charge is -2.13. The highest BCUT2D eigenvalue weighted by atomic mass is 16.1. The molecular weight excluding hydrogens is 310 g/mol. The normalized spacial score (nSPS) is 11.4. The number of amides is 1. The van der Waals surface area contributed by atoms with Crippen molar-refractivity contribution in [1.82, 2.24) is 14.9 Å². The number of hydrogen-bond donors (Lipinski definition) is 2. The van der Waals surface area contributed by atoms with Gasteiger partial charge in [-0.05, 0) is 64.3 Å². The molecule has 2 aromatic heterocycles. The van der Waals surface area contributed by atoms with Crippen LogP contribution < -0.4 is 5.32 Å². The number of nitrogens with zero attached hydrogens (tertiary/aromatic N) is 1. The summed E-state index contributed by atoms with van der Waals surface area (Å²) < 4.78 is 2.21. The van der Waals surface area contributed by atoms with Crippen molar-refractivity contribution in [3.05, 3.63) is 58.5 Å². The Kier molecular flexibility index (Phi) is 4.71. The second kappa shape index (κ2) is 6.79. The van der Waals surface area contributed by atoms with Gasteiger partial charge in [-0.2, -0.15) is 0 Å². The number of carbonyl (C=O) groups excluding carboxylic acids is 1. The van der Waals surface area contributed by atoms with Gasteiger partial charge in [0.15, 0.2) is 0 Å². The zero-order chi connectivity index (χ0) is 18.1. The number of fused-ring (bicyclic) bond motifs is 1. The fourth-order valence-corrected chi connectivity index (χ4v) is 3.71. The van der Waals surface area contributed by atoms with Crippen LogP contribution in [0.2, 0.25) is 0 Å². The lowest BCUT2D eigenvalue weighted by Crippen LogP contribution is -2.26. The Labute approximate surface area is 149 Å². The van der Waals surface area contributed by atoms with Crippen molar-refractivity contribution in [3.8, 4) is 0 Å². The third kappa shape index (κ3) is 3.34. The first-order valence-corrected chi connectivity index (χ1v) is 8.91. The summed E-state index contributed by atoms with van der Waals surface area (Å²) in [4.78, 5) is 15.9. The van der Waals surface area contributed by atoms with Gasteiger partial charge >= 0.3 is 0 Å². The van der Waals surface area contributed by atoms with Crippen molar-refractivity contribution in [2.24, 2.45) is 0 Å². The number of rotatable bonds is 5. The van der Waals surface area contributed by atoms with Crippen molar-refractivity contribution in [2.75, 3.05) is 6.54 Å². The molecule has 0 aliphatic rings. The first-order chi connectivity index (χ1) is 11.9. The standard InChI is InChI=1S/C21H27N3O/c1-13(2)24-15(4)11-19(16(24)5)21(25)22-9-8-17-12-23-20-10-14(3)6-7-18(17)20/h6-7,10-13,23H,8-9H2,1-5H3,(H,22,25). The molecule has 0 fully saturated rings. The van der Waals surface area contributed by atoms with Gasteiger partial charge < -0.3 is 14.9 Å². The molecule has 3 rings (SSSR count). The molecule has 4 heteroatoms. The van der Waals surface area contributed by atoms with Gasteiger partial charge in [0.1, 0.15) is 0 Å². The highest BCUT2D eigenvalue weighted by molar-refractivity contribution is 5.95. The first kappa shape index (κ1) is 17.3. The van der Waals surface area contributed by atoms with Gasteiger partial charge in [0.2, 0.25) is 0 Å². The highest BCUT2D eigenvalue weighted by Crippen LogP contribution is 2.21. The van der Waals surface area contributed by atoms with Crippen LogP contribution in [0.4, 0.5) is 0 Å². The molecule has 0 radical (unpaired) electrons. The van der Waals surface area contributed by atoms with Crippen LogP contribution in [0.15, 0.2) is 30.5 Å². The molecule has 0 bridgehead atoms. The minimum absolute atomic E-state index is 0.00989. The summed E-state index contributed by atoms with van der Waals surface area (Å²) in [7, 11) is 0. The van der Waals surface area contributed by atoms with E-state index in [-0.39, 0.29) is 5.91 Å². The molecule has 1 aromatic carbocycles. The zero-order valence-corrected chi connectivity index (χ0v) is 15.7. The quantitative estimate of drug-likeness (QED) is 0.710. The lowest BCUT2D eigenvalue weighted by atomic mass is 10.1. The van der Waals surface area contributed by atoms with E-state index in [4.69, 9.17) is 0 Å². The molecule has 0 aliphatic heterocycles. The summed E-state index contributed by atoms with van der Waals surface area (Å²) in [5.41, 5.74) is 6.58. The molecule has 4 nitrogen and oxygen atoms in total. The van der Waals surface area contributed by atoms with Gasteiger partial charge in [0.25, 0.3) is 5.91 Å². The average molecular weight is 337 g/mol. The third-order valence-electron chi connectivity index (χ3n) is 4.85. The van der Waals surface area contributed by atoms with Gasteiger partial charge in [0.05, 0.1) is 5.56 Å². The molecule has 1 amide bonds. The average Bonchev–Trinajstić information content (AvgIpc) is 3.07. The summed E-state index contributed by atoms with van der Waals surface area (Å²) >= 11 is 0. The molecule has 0 saturated carbocycles. The highest BCUT2D eigenvalue weighted by Gasteiger charge is 2.16. The Morgan fingerprint density at radius 1 is 1.20 bits per heavy atom. The van der Waals surface area contributed by atoms with Crippen LogP contribution in [-0.4, -0.2) is 22.0 Å². The van der Waals surface area contributed by atoms with Crippen molar-refractivity contribution >= 4 is 16.8 Å². The zero-order valence-electron chi connectivity index (χ0n) is 15.7. The third-order valence-corrected chi connectivity index (χ3v) is 4.85. The molecule has 0 spiro atoms. The smallest absolute Gasteiger partial charge is 0.253 e. The van der Waals surface area contributed by atoms with Crippen molar-refractivity contribution < 1.29 is 4.79 Å². The monoisotopic (exact) mass is 337 g/mol. The van der Waals surface area contributed by atoms with Gasteiger partial charge in [0, 0.05) is 41.1 Å². The van der Waals surface area contributed by atoms with Crippen LogP contribution in [-0.2, 0) is 6.42 Å². The molecule has 132 valence electrons. The van der Waals surface area contributed by atoms with E-state index in [1.165, 1.54) is 16.5 Å². The Hall–Kier alpha value is -2.49. The van der Waals surface area contributed by atoms with Crippen molar-refractivity contribution in [2.45, 2.75) is 47.1 Å². The maximum absolute atomic E-state index is 12.6. The predicted octanol–water partition coefficient (Wildman–Crippen LogP) is 4.45. The minimum atomic E-state index is 0.00989. The first-order valence-electron chi connectivity index (χ1n) is 8.91. The van der Waals surface area contributed by atoms with Crippen molar-refractivity contribution in [1.29, 1.82) is 0 Å². The second-order valence-electron chi connectivity index (χ2n) is 7.12. The van der Waals surface area contributed by atoms with E-state index in [2.05, 4.69) is 60.8 Å². The van der Waals surface area contributed by atoms with E-state index >= 15 is 0 Å². The number of hydrogen-bond acceptors (Lipinski definition) is 1. The van der Waals surface area contributed by atoms with Gasteiger partial charge in [-0.3, -0.25) is 4.79 Å². The van der Waals surface area contributed by atoms with Gasteiger partial charge in [-0.25, -0.2) is 0 Å². The molecular formula is C21H27N3O. The fourth-order valence-electron chi connectivity index (χ4n) is 3.71. The van der Waals surface area contributed by atoms with Crippen LogP contribution in [0.5, 0.6) is 0 Å². The number of aryl methyl sites for hydroxylation is 2. The van der Waals surface area contributed by atoms with E-state index in [1.54, 1.807) is 0 Å². The largest absolute Gasteiger partial charge is 0.361 e. The topological polar surface area (TPSA) is 49.8 Å². The minimum Gasteiger partial charge on any atom is -0.361 e. The van der Waals surface area contributed by atoms with Crippen LogP contribution in [0, 0.1) is 20.8 Å². The summed E-state index contributed by atoms with van der Waals surface area (Å²) in [5, 5.41) is 4.30. The van der Waals surface area contributed by atoms with Gasteiger partial charge in [-0.15, -0.1) is 0 Å². The van der Waals surface area contributed by atoms with Crippen LogP contribution >= 0.6 is 0 Å². The number of nitrogens with one attached hydrogen (secondary N) is 2. The SMILES string of the molecule is Cc1ccc2c(CCNC(=O)c3cc(C)n(C(C)C)c3C)c[nH]c2c1. The summed E-state index contributed by atoms with van der Waals surface area (Å²) in [5.74, 6) is 0.00989. The number of benzene rings is 1. The molecule has 2 heterocycles. The van der Waals surface area contributed by atoms with Gasteiger partial charge in [-0.1, -0.05) is 12.1 Å². The molecule has 3 aromatic rings. The van der Waals surface area contributed by atoms with Crippen LogP contribution in [0.25, 0.3) is 10.9 Å². The molecule has 0 saturated heterocycles. The summed E-state index contributed by atoms with van der Waals surface area (Å²) in [6.45, 7) is 11.1. The Morgan fingerprint density at radius 3 is 2.64 bits per heavy atom. The maximum Gasteiger partial charge on any atom is 0.253 e. The molecule has 25 heavy (non-hydrogen) atoms. The van der Waals surface area contributed by atoms with E-state index in [9.17, 15) is 4.79 Å². The Balaban J connectivity index is 1.67. The number of carbonyl (C=O) groups is 1. The summed E-state index contributed by atoms with van der Waals surface area (Å²) in [6, 6.07) is 8.77. The number of H-pyrrole nitrogens is 1. The van der Waals surface area contributed by atoms with E-state index < -0.39 is 0 Å².